The number of amides is 2. The molecule has 0 aliphatic rings. The number of nitrogens with one attached hydrogen (secondary N) is 2. The number of para-hydroxylation sites is 2. The average Bonchev–Trinajstić information content (AvgIpc) is 2.66. The minimum absolute atomic E-state index is 0.230. The second kappa shape index (κ2) is 8.06. The zero-order valence-corrected chi connectivity index (χ0v) is 15.8. The van der Waals surface area contributed by atoms with E-state index in [1.54, 1.807) is 54.6 Å². The van der Waals surface area contributed by atoms with E-state index in [4.69, 9.17) is 11.6 Å². The number of hydrogen-bond acceptors (Lipinski definition) is 2. The Morgan fingerprint density at radius 1 is 0.704 bits per heavy atom. The Labute approximate surface area is 163 Å². The monoisotopic (exact) mass is 378 g/mol. The van der Waals surface area contributed by atoms with Crippen LogP contribution in [0.5, 0.6) is 0 Å². The molecule has 0 aromatic heterocycles. The van der Waals surface area contributed by atoms with Crippen LogP contribution in [0.2, 0.25) is 5.02 Å². The third-order valence-electron chi connectivity index (χ3n) is 4.30. The Bertz CT molecular complexity index is 997. The van der Waals surface area contributed by atoms with Crippen molar-refractivity contribution >= 4 is 34.8 Å². The van der Waals surface area contributed by atoms with Crippen molar-refractivity contribution in [1.29, 1.82) is 0 Å². The maximum absolute atomic E-state index is 12.6. The van der Waals surface area contributed by atoms with E-state index in [0.717, 1.165) is 11.1 Å². The summed E-state index contributed by atoms with van der Waals surface area (Å²) in [6, 6.07) is 19.2. The van der Waals surface area contributed by atoms with Gasteiger partial charge in [-0.15, -0.1) is 0 Å². The molecule has 136 valence electrons. The van der Waals surface area contributed by atoms with Gasteiger partial charge in [0.2, 0.25) is 0 Å². The standard InChI is InChI=1S/C22H19ClN2O2/c1-14-7-8-17(13-15(14)2)22(27)25-20-6-4-3-5-19(20)24-21(26)16-9-11-18(23)12-10-16/h3-13H,1-2H3,(H,24,26)(H,25,27). The van der Waals surface area contributed by atoms with Gasteiger partial charge in [-0.2, -0.15) is 0 Å². The van der Waals surface area contributed by atoms with Crippen LogP contribution in [-0.2, 0) is 0 Å². The Hall–Kier alpha value is -3.11. The fraction of sp³-hybridized carbons (Fsp3) is 0.0909. The molecule has 0 aliphatic carbocycles. The SMILES string of the molecule is Cc1ccc(C(=O)Nc2ccccc2NC(=O)c2ccc(Cl)cc2)cc1C. The molecule has 0 unspecified atom stereocenters. The lowest BCUT2D eigenvalue weighted by Crippen LogP contribution is -2.17. The van der Waals surface area contributed by atoms with E-state index in [1.165, 1.54) is 0 Å². The molecule has 3 aromatic rings. The molecule has 0 saturated heterocycles. The van der Waals surface area contributed by atoms with E-state index in [-0.39, 0.29) is 11.8 Å². The third-order valence-corrected chi connectivity index (χ3v) is 4.55. The number of anilines is 2. The molecule has 3 rings (SSSR count). The molecule has 4 nitrogen and oxygen atoms in total. The quantitative estimate of drug-likeness (QED) is 0.633. The van der Waals surface area contributed by atoms with Crippen molar-refractivity contribution in [3.05, 3.63) is 94.0 Å². The Morgan fingerprint density at radius 2 is 1.22 bits per heavy atom. The number of carbonyl (C=O) groups is 2. The number of aryl methyl sites for hydroxylation is 2. The van der Waals surface area contributed by atoms with Crippen molar-refractivity contribution < 1.29 is 9.59 Å². The van der Waals surface area contributed by atoms with Gasteiger partial charge < -0.3 is 10.6 Å². The van der Waals surface area contributed by atoms with Crippen LogP contribution in [0.1, 0.15) is 31.8 Å². The first kappa shape index (κ1) is 18.7. The lowest BCUT2D eigenvalue weighted by atomic mass is 10.1. The molecule has 27 heavy (non-hydrogen) atoms. The van der Waals surface area contributed by atoms with Crippen LogP contribution in [0.15, 0.2) is 66.7 Å². The van der Waals surface area contributed by atoms with Gasteiger partial charge in [0.25, 0.3) is 11.8 Å². The number of hydrogen-bond donors (Lipinski definition) is 2. The first-order valence-corrected chi connectivity index (χ1v) is 8.86. The van der Waals surface area contributed by atoms with Crippen LogP contribution >= 0.6 is 11.6 Å². The zero-order valence-electron chi connectivity index (χ0n) is 15.0. The summed E-state index contributed by atoms with van der Waals surface area (Å²) < 4.78 is 0. The van der Waals surface area contributed by atoms with E-state index in [2.05, 4.69) is 10.6 Å². The Morgan fingerprint density at radius 3 is 1.78 bits per heavy atom. The highest BCUT2D eigenvalue weighted by Gasteiger charge is 2.12. The molecule has 0 bridgehead atoms. The van der Waals surface area contributed by atoms with Crippen molar-refractivity contribution in [1.82, 2.24) is 0 Å². The van der Waals surface area contributed by atoms with Crippen LogP contribution < -0.4 is 10.6 Å². The highest BCUT2D eigenvalue weighted by molar-refractivity contribution is 6.30. The highest BCUT2D eigenvalue weighted by atomic mass is 35.5. The minimum Gasteiger partial charge on any atom is -0.320 e. The summed E-state index contributed by atoms with van der Waals surface area (Å²) in [5, 5.41) is 6.25. The normalized spacial score (nSPS) is 10.3. The van der Waals surface area contributed by atoms with Gasteiger partial charge in [0, 0.05) is 16.1 Å². The van der Waals surface area contributed by atoms with Crippen molar-refractivity contribution in [2.24, 2.45) is 0 Å². The molecule has 0 aliphatic heterocycles. The molecular formula is C22H19ClN2O2. The highest BCUT2D eigenvalue weighted by Crippen LogP contribution is 2.23. The van der Waals surface area contributed by atoms with Crippen molar-refractivity contribution in [2.75, 3.05) is 10.6 Å². The van der Waals surface area contributed by atoms with Gasteiger partial charge in [-0.05, 0) is 73.5 Å². The van der Waals surface area contributed by atoms with E-state index < -0.39 is 0 Å². The molecule has 0 saturated carbocycles. The van der Waals surface area contributed by atoms with Crippen molar-refractivity contribution in [3.8, 4) is 0 Å². The molecule has 0 atom stereocenters. The van der Waals surface area contributed by atoms with E-state index in [0.29, 0.717) is 27.5 Å². The summed E-state index contributed by atoms with van der Waals surface area (Å²) in [4.78, 5) is 25.0. The van der Waals surface area contributed by atoms with Crippen molar-refractivity contribution in [2.45, 2.75) is 13.8 Å². The first-order valence-electron chi connectivity index (χ1n) is 8.48. The van der Waals surface area contributed by atoms with Gasteiger partial charge in [0.15, 0.2) is 0 Å². The molecule has 2 N–H and O–H groups in total. The molecule has 0 heterocycles. The van der Waals surface area contributed by atoms with Gasteiger partial charge in [-0.1, -0.05) is 29.8 Å². The van der Waals surface area contributed by atoms with Gasteiger partial charge in [-0.3, -0.25) is 9.59 Å². The van der Waals surface area contributed by atoms with E-state index in [9.17, 15) is 9.59 Å². The van der Waals surface area contributed by atoms with Crippen LogP contribution in [0.4, 0.5) is 11.4 Å². The second-order valence-electron chi connectivity index (χ2n) is 6.26. The largest absolute Gasteiger partial charge is 0.320 e. The summed E-state index contributed by atoms with van der Waals surface area (Å²) in [5.41, 5.74) is 4.28. The van der Waals surface area contributed by atoms with Gasteiger partial charge in [0.1, 0.15) is 0 Å². The van der Waals surface area contributed by atoms with Gasteiger partial charge in [0.05, 0.1) is 11.4 Å². The smallest absolute Gasteiger partial charge is 0.255 e. The van der Waals surface area contributed by atoms with E-state index in [1.807, 2.05) is 26.0 Å². The Kier molecular flexibility index (Phi) is 5.57. The number of halogens is 1. The Balaban J connectivity index is 1.79. The summed E-state index contributed by atoms with van der Waals surface area (Å²) >= 11 is 5.86. The maximum atomic E-state index is 12.6. The van der Waals surface area contributed by atoms with Crippen LogP contribution in [-0.4, -0.2) is 11.8 Å². The molecule has 3 aromatic carbocycles. The lowest BCUT2D eigenvalue weighted by molar-refractivity contribution is 0.101. The molecule has 2 amide bonds. The topological polar surface area (TPSA) is 58.2 Å². The second-order valence-corrected chi connectivity index (χ2v) is 6.70. The molecule has 0 fully saturated rings. The first-order chi connectivity index (χ1) is 12.9. The summed E-state index contributed by atoms with van der Waals surface area (Å²) in [5.74, 6) is -0.508. The molecule has 5 heteroatoms. The van der Waals surface area contributed by atoms with Gasteiger partial charge in [-0.25, -0.2) is 0 Å². The summed E-state index contributed by atoms with van der Waals surface area (Å²) in [6.07, 6.45) is 0. The number of benzene rings is 3. The molecule has 0 radical (unpaired) electrons. The van der Waals surface area contributed by atoms with Gasteiger partial charge >= 0.3 is 0 Å². The zero-order chi connectivity index (χ0) is 19.4. The van der Waals surface area contributed by atoms with Crippen LogP contribution in [0.25, 0.3) is 0 Å². The summed E-state index contributed by atoms with van der Waals surface area (Å²) in [6.45, 7) is 3.96. The fourth-order valence-electron chi connectivity index (χ4n) is 2.57. The third kappa shape index (κ3) is 4.54. The minimum atomic E-state index is -0.278. The van der Waals surface area contributed by atoms with Crippen LogP contribution in [0.3, 0.4) is 0 Å². The number of rotatable bonds is 4. The maximum Gasteiger partial charge on any atom is 0.255 e. The lowest BCUT2D eigenvalue weighted by Gasteiger charge is -2.13. The van der Waals surface area contributed by atoms with Crippen LogP contribution in [0, 0.1) is 13.8 Å². The molecule has 0 spiro atoms. The molecular weight excluding hydrogens is 360 g/mol. The summed E-state index contributed by atoms with van der Waals surface area (Å²) in [7, 11) is 0. The predicted molar refractivity (Wildman–Crippen MR) is 110 cm³/mol. The van der Waals surface area contributed by atoms with E-state index >= 15 is 0 Å². The average molecular weight is 379 g/mol. The van der Waals surface area contributed by atoms with Crippen molar-refractivity contribution in [3.63, 3.8) is 0 Å². The predicted octanol–water partition coefficient (Wildman–Crippen LogP) is 5.46. The fourth-order valence-corrected chi connectivity index (χ4v) is 2.70. The number of carbonyl (C=O) groups excluding carboxylic acids is 2.